The molecule has 0 radical (unpaired) electrons. The number of hydrogen-bond acceptors (Lipinski definition) is 5. The largest absolute Gasteiger partial charge is 0.433 e. The van der Waals surface area contributed by atoms with Crippen molar-refractivity contribution in [2.45, 2.75) is 32.0 Å². The van der Waals surface area contributed by atoms with Crippen molar-refractivity contribution in [3.05, 3.63) is 36.3 Å². The molecule has 1 atom stereocenters. The van der Waals surface area contributed by atoms with Gasteiger partial charge in [-0.1, -0.05) is 6.92 Å². The lowest BCUT2D eigenvalue weighted by molar-refractivity contribution is -0.141. The fourth-order valence-corrected chi connectivity index (χ4v) is 2.71. The molecule has 0 aromatic carbocycles. The molecule has 0 aliphatic carbocycles. The molecule has 2 aromatic rings. The fraction of sp³-hybridized carbons (Fsp3) is 0.471. The predicted octanol–water partition coefficient (Wildman–Crippen LogP) is 3.56. The minimum atomic E-state index is -4.54. The van der Waals surface area contributed by atoms with E-state index in [0.717, 1.165) is 12.5 Å². The highest BCUT2D eigenvalue weighted by atomic mass is 19.4. The normalized spacial score (nSPS) is 21.4. The minimum Gasteiger partial charge on any atom is -0.372 e. The summed E-state index contributed by atoms with van der Waals surface area (Å²) in [6, 6.07) is 4.19. The molecule has 3 heterocycles. The van der Waals surface area contributed by atoms with Gasteiger partial charge in [0.1, 0.15) is 5.82 Å². The van der Waals surface area contributed by atoms with Crippen molar-refractivity contribution in [3.8, 4) is 11.4 Å². The Bertz CT molecular complexity index is 738. The third-order valence-corrected chi connectivity index (χ3v) is 4.35. The Labute approximate surface area is 143 Å². The summed E-state index contributed by atoms with van der Waals surface area (Å²) >= 11 is 0. The standard InChI is InChI=1S/C17H19F3N4O/c1-3-16(2)11-24(8-9-25-16)14-10-13(17(18,19)20)22-15(23-14)12-4-6-21-7-5-12/h4-7,10H,3,8-9,11H2,1-2H3. The SMILES string of the molecule is CCC1(C)CN(c2cc(C(F)(F)F)nc(-c3ccncc3)n2)CCO1. The van der Waals surface area contributed by atoms with Crippen LogP contribution in [0.2, 0.25) is 0 Å². The topological polar surface area (TPSA) is 51.1 Å². The van der Waals surface area contributed by atoms with Gasteiger partial charge in [-0.3, -0.25) is 4.98 Å². The van der Waals surface area contributed by atoms with Gasteiger partial charge in [-0.2, -0.15) is 13.2 Å². The van der Waals surface area contributed by atoms with Crippen molar-refractivity contribution in [1.29, 1.82) is 0 Å². The molecule has 8 heteroatoms. The van der Waals surface area contributed by atoms with Gasteiger partial charge in [0.05, 0.1) is 12.2 Å². The lowest BCUT2D eigenvalue weighted by atomic mass is 10.0. The van der Waals surface area contributed by atoms with Gasteiger partial charge in [0.2, 0.25) is 0 Å². The molecule has 5 nitrogen and oxygen atoms in total. The molecule has 1 aliphatic heterocycles. The van der Waals surface area contributed by atoms with E-state index in [1.807, 2.05) is 18.7 Å². The Balaban J connectivity index is 2.04. The van der Waals surface area contributed by atoms with E-state index in [0.29, 0.717) is 25.3 Å². The van der Waals surface area contributed by atoms with Gasteiger partial charge in [0, 0.05) is 37.1 Å². The van der Waals surface area contributed by atoms with Gasteiger partial charge < -0.3 is 9.64 Å². The smallest absolute Gasteiger partial charge is 0.372 e. The fourth-order valence-electron chi connectivity index (χ4n) is 2.71. The quantitative estimate of drug-likeness (QED) is 0.845. The number of aromatic nitrogens is 3. The van der Waals surface area contributed by atoms with Crippen molar-refractivity contribution < 1.29 is 17.9 Å². The maximum absolute atomic E-state index is 13.3. The zero-order chi connectivity index (χ0) is 18.1. The van der Waals surface area contributed by atoms with E-state index in [1.165, 1.54) is 12.4 Å². The Kier molecular flexibility index (Phi) is 4.64. The van der Waals surface area contributed by atoms with E-state index in [4.69, 9.17) is 4.74 Å². The van der Waals surface area contributed by atoms with Crippen molar-refractivity contribution in [3.63, 3.8) is 0 Å². The zero-order valence-electron chi connectivity index (χ0n) is 14.0. The van der Waals surface area contributed by atoms with Crippen LogP contribution in [-0.2, 0) is 10.9 Å². The van der Waals surface area contributed by atoms with Crippen molar-refractivity contribution >= 4 is 5.82 Å². The molecule has 1 unspecified atom stereocenters. The van der Waals surface area contributed by atoms with E-state index in [2.05, 4.69) is 15.0 Å². The summed E-state index contributed by atoms with van der Waals surface area (Å²) in [4.78, 5) is 13.8. The summed E-state index contributed by atoms with van der Waals surface area (Å²) < 4.78 is 45.7. The van der Waals surface area contributed by atoms with Crippen molar-refractivity contribution in [1.82, 2.24) is 15.0 Å². The Morgan fingerprint density at radius 2 is 1.96 bits per heavy atom. The molecule has 25 heavy (non-hydrogen) atoms. The number of ether oxygens (including phenoxy) is 1. The average Bonchev–Trinajstić information content (AvgIpc) is 2.61. The number of anilines is 1. The molecule has 1 aliphatic rings. The van der Waals surface area contributed by atoms with E-state index in [-0.39, 0.29) is 11.6 Å². The lowest BCUT2D eigenvalue weighted by Crippen LogP contribution is -2.50. The molecule has 0 spiro atoms. The second-order valence-corrected chi connectivity index (χ2v) is 6.24. The van der Waals surface area contributed by atoms with Gasteiger partial charge >= 0.3 is 6.18 Å². The second-order valence-electron chi connectivity index (χ2n) is 6.24. The Hall–Kier alpha value is -2.22. The number of morpholine rings is 1. The highest BCUT2D eigenvalue weighted by Gasteiger charge is 2.36. The molecular formula is C17H19F3N4O. The summed E-state index contributed by atoms with van der Waals surface area (Å²) in [6.07, 6.45) is -0.777. The van der Waals surface area contributed by atoms with Gasteiger partial charge in [-0.25, -0.2) is 9.97 Å². The first-order valence-electron chi connectivity index (χ1n) is 8.06. The van der Waals surface area contributed by atoms with Crippen LogP contribution in [0.3, 0.4) is 0 Å². The first kappa shape index (κ1) is 17.6. The number of alkyl halides is 3. The van der Waals surface area contributed by atoms with Crippen molar-refractivity contribution in [2.24, 2.45) is 0 Å². The first-order valence-corrected chi connectivity index (χ1v) is 8.06. The Morgan fingerprint density at radius 3 is 2.60 bits per heavy atom. The zero-order valence-corrected chi connectivity index (χ0v) is 14.0. The van der Waals surface area contributed by atoms with Crippen LogP contribution >= 0.6 is 0 Å². The average molecular weight is 352 g/mol. The molecule has 1 fully saturated rings. The molecule has 134 valence electrons. The molecule has 0 saturated carbocycles. The van der Waals surface area contributed by atoms with E-state index in [9.17, 15) is 13.2 Å². The number of hydrogen-bond donors (Lipinski definition) is 0. The van der Waals surface area contributed by atoms with Crippen LogP contribution in [0.4, 0.5) is 19.0 Å². The third kappa shape index (κ3) is 3.89. The number of nitrogens with zero attached hydrogens (tertiary/aromatic N) is 4. The van der Waals surface area contributed by atoms with Gasteiger partial charge in [-0.15, -0.1) is 0 Å². The lowest BCUT2D eigenvalue weighted by Gasteiger charge is -2.40. The monoisotopic (exact) mass is 352 g/mol. The summed E-state index contributed by atoms with van der Waals surface area (Å²) in [5, 5.41) is 0. The van der Waals surface area contributed by atoms with Crippen LogP contribution in [0.15, 0.2) is 30.6 Å². The van der Waals surface area contributed by atoms with Crippen molar-refractivity contribution in [2.75, 3.05) is 24.6 Å². The van der Waals surface area contributed by atoms with E-state index < -0.39 is 17.5 Å². The highest BCUT2D eigenvalue weighted by Crippen LogP contribution is 2.33. The van der Waals surface area contributed by atoms with Crippen LogP contribution < -0.4 is 4.90 Å². The van der Waals surface area contributed by atoms with Gasteiger partial charge in [0.15, 0.2) is 11.5 Å². The summed E-state index contributed by atoms with van der Waals surface area (Å²) in [7, 11) is 0. The van der Waals surface area contributed by atoms with E-state index >= 15 is 0 Å². The summed E-state index contributed by atoms with van der Waals surface area (Å²) in [6.45, 7) is 5.36. The van der Waals surface area contributed by atoms with Crippen LogP contribution in [0.1, 0.15) is 26.0 Å². The molecule has 3 rings (SSSR count). The first-order chi connectivity index (χ1) is 11.8. The second kappa shape index (κ2) is 6.59. The van der Waals surface area contributed by atoms with Crippen LogP contribution in [0.5, 0.6) is 0 Å². The summed E-state index contributed by atoms with van der Waals surface area (Å²) in [5.74, 6) is 0.300. The molecule has 0 amide bonds. The van der Waals surface area contributed by atoms with Crippen LogP contribution in [0, 0.1) is 0 Å². The molecule has 0 bridgehead atoms. The summed E-state index contributed by atoms with van der Waals surface area (Å²) in [5.41, 5.74) is -0.860. The van der Waals surface area contributed by atoms with E-state index in [1.54, 1.807) is 12.1 Å². The Morgan fingerprint density at radius 1 is 1.24 bits per heavy atom. The number of halogens is 3. The molecule has 0 N–H and O–H groups in total. The van der Waals surface area contributed by atoms with Crippen LogP contribution in [0.25, 0.3) is 11.4 Å². The maximum Gasteiger partial charge on any atom is 0.433 e. The third-order valence-electron chi connectivity index (χ3n) is 4.35. The molecular weight excluding hydrogens is 333 g/mol. The van der Waals surface area contributed by atoms with Gasteiger partial charge in [-0.05, 0) is 25.5 Å². The predicted molar refractivity (Wildman–Crippen MR) is 87.1 cm³/mol. The van der Waals surface area contributed by atoms with Crippen LogP contribution in [-0.4, -0.2) is 40.2 Å². The molecule has 2 aromatic heterocycles. The maximum atomic E-state index is 13.3. The number of rotatable bonds is 3. The van der Waals surface area contributed by atoms with Gasteiger partial charge in [0.25, 0.3) is 0 Å². The highest BCUT2D eigenvalue weighted by molar-refractivity contribution is 5.57. The minimum absolute atomic E-state index is 0.0388. The number of pyridine rings is 1. The molecule has 1 saturated heterocycles.